The Labute approximate surface area is 108 Å². The van der Waals surface area contributed by atoms with Crippen LogP contribution in [0, 0.1) is 5.92 Å². The summed E-state index contributed by atoms with van der Waals surface area (Å²) in [6.07, 6.45) is 1.42. The lowest BCUT2D eigenvalue weighted by Crippen LogP contribution is -2.44. The van der Waals surface area contributed by atoms with Crippen LogP contribution in [0.1, 0.15) is 33.6 Å². The first-order chi connectivity index (χ1) is 7.93. The van der Waals surface area contributed by atoms with E-state index in [1.54, 1.807) is 0 Å². The first-order valence-electron chi connectivity index (χ1n) is 6.14. The summed E-state index contributed by atoms with van der Waals surface area (Å²) in [4.78, 5) is 14.7. The van der Waals surface area contributed by atoms with Gasteiger partial charge >= 0.3 is 0 Å². The molecule has 2 N–H and O–H groups in total. The molecule has 0 saturated carbocycles. The predicted molar refractivity (Wildman–Crippen MR) is 71.8 cm³/mol. The van der Waals surface area contributed by atoms with Crippen molar-refractivity contribution in [1.29, 1.82) is 0 Å². The number of hydrogen-bond acceptors (Lipinski definition) is 3. The highest BCUT2D eigenvalue weighted by molar-refractivity contribution is 7.80. The fraction of sp³-hybridized carbons (Fsp3) is 0.833. The van der Waals surface area contributed by atoms with Gasteiger partial charge < -0.3 is 15.4 Å². The minimum atomic E-state index is -0.0104. The fourth-order valence-corrected chi connectivity index (χ4v) is 2.21. The molecule has 0 bridgehead atoms. The number of amides is 1. The second kappa shape index (κ2) is 6.31. The maximum Gasteiger partial charge on any atom is 0.228 e. The maximum absolute atomic E-state index is 12.4. The summed E-state index contributed by atoms with van der Waals surface area (Å²) in [5.41, 5.74) is 5.49. The molecule has 1 rings (SSSR count). The number of hydrogen-bond donors (Lipinski definition) is 1. The van der Waals surface area contributed by atoms with E-state index in [-0.39, 0.29) is 24.0 Å². The zero-order valence-electron chi connectivity index (χ0n) is 10.8. The summed E-state index contributed by atoms with van der Waals surface area (Å²) in [5, 5.41) is 0. The molecule has 5 heteroatoms. The Kier molecular flexibility index (Phi) is 5.33. The van der Waals surface area contributed by atoms with Crippen LogP contribution in [0.15, 0.2) is 0 Å². The smallest absolute Gasteiger partial charge is 0.228 e. The van der Waals surface area contributed by atoms with Crippen LogP contribution < -0.4 is 5.73 Å². The van der Waals surface area contributed by atoms with Crippen molar-refractivity contribution >= 4 is 23.1 Å². The molecule has 98 valence electrons. The van der Waals surface area contributed by atoms with Gasteiger partial charge in [0.25, 0.3) is 0 Å². The number of ether oxygens (including phenoxy) is 1. The molecule has 1 aliphatic rings. The van der Waals surface area contributed by atoms with Gasteiger partial charge in [0.15, 0.2) is 0 Å². The molecule has 1 heterocycles. The lowest BCUT2D eigenvalue weighted by molar-refractivity contribution is -0.138. The number of carbonyl (C=O) groups is 1. The van der Waals surface area contributed by atoms with E-state index >= 15 is 0 Å². The molecule has 1 fully saturated rings. The normalized spacial score (nSPS) is 24.0. The van der Waals surface area contributed by atoms with Crippen molar-refractivity contribution in [3.63, 3.8) is 0 Å². The molecular formula is C12H22N2O2S. The van der Waals surface area contributed by atoms with Gasteiger partial charge in [0.05, 0.1) is 17.0 Å². The van der Waals surface area contributed by atoms with Crippen LogP contribution in [0.25, 0.3) is 0 Å². The second-order valence-electron chi connectivity index (χ2n) is 4.81. The number of nitrogens with zero attached hydrogens (tertiary/aromatic N) is 1. The lowest BCUT2D eigenvalue weighted by atomic mass is 10.00. The van der Waals surface area contributed by atoms with Crippen LogP contribution in [0.2, 0.25) is 0 Å². The maximum atomic E-state index is 12.4. The van der Waals surface area contributed by atoms with Crippen LogP contribution in [0.3, 0.4) is 0 Å². The molecule has 1 saturated heterocycles. The van der Waals surface area contributed by atoms with Gasteiger partial charge in [-0.3, -0.25) is 4.79 Å². The minimum absolute atomic E-state index is 0.0104. The van der Waals surface area contributed by atoms with Gasteiger partial charge in [0, 0.05) is 25.6 Å². The molecule has 0 aliphatic carbocycles. The molecule has 1 amide bonds. The molecule has 17 heavy (non-hydrogen) atoms. The summed E-state index contributed by atoms with van der Waals surface area (Å²) in [7, 11) is 0. The third-order valence-corrected chi connectivity index (χ3v) is 3.40. The molecule has 0 radical (unpaired) electrons. The van der Waals surface area contributed by atoms with Crippen LogP contribution in [0.5, 0.6) is 0 Å². The van der Waals surface area contributed by atoms with Crippen LogP contribution in [-0.2, 0) is 9.53 Å². The molecule has 2 atom stereocenters. The lowest BCUT2D eigenvalue weighted by Gasteiger charge is -2.30. The summed E-state index contributed by atoms with van der Waals surface area (Å²) in [6.45, 7) is 7.27. The quantitative estimate of drug-likeness (QED) is 0.756. The van der Waals surface area contributed by atoms with Gasteiger partial charge in [0.1, 0.15) is 0 Å². The largest absolute Gasteiger partial charge is 0.393 e. The van der Waals surface area contributed by atoms with E-state index in [1.165, 1.54) is 0 Å². The molecule has 0 aromatic heterocycles. The molecular weight excluding hydrogens is 236 g/mol. The molecule has 1 aliphatic heterocycles. The SMILES string of the molecule is CC1OCCC1C(=O)N(CCC(N)=S)C(C)C. The fourth-order valence-electron chi connectivity index (χ4n) is 2.12. The number of rotatable bonds is 5. The Morgan fingerprint density at radius 3 is 2.65 bits per heavy atom. The van der Waals surface area contributed by atoms with E-state index in [0.717, 1.165) is 6.42 Å². The Morgan fingerprint density at radius 1 is 1.59 bits per heavy atom. The third-order valence-electron chi connectivity index (χ3n) is 3.20. The zero-order valence-corrected chi connectivity index (χ0v) is 11.6. The summed E-state index contributed by atoms with van der Waals surface area (Å²) < 4.78 is 5.44. The molecule has 2 unspecified atom stereocenters. The standard InChI is InChI=1S/C12H22N2O2S/c1-8(2)14(6-4-11(13)17)12(15)10-5-7-16-9(10)3/h8-10H,4-7H2,1-3H3,(H2,13,17). The van der Waals surface area contributed by atoms with Crippen molar-refractivity contribution < 1.29 is 9.53 Å². The van der Waals surface area contributed by atoms with Gasteiger partial charge in [-0.1, -0.05) is 12.2 Å². The van der Waals surface area contributed by atoms with E-state index in [9.17, 15) is 4.79 Å². The molecule has 0 aromatic rings. The summed E-state index contributed by atoms with van der Waals surface area (Å²) in [5.74, 6) is 0.157. The summed E-state index contributed by atoms with van der Waals surface area (Å²) in [6, 6.07) is 0.171. The minimum Gasteiger partial charge on any atom is -0.393 e. The highest BCUT2D eigenvalue weighted by Gasteiger charge is 2.34. The highest BCUT2D eigenvalue weighted by Crippen LogP contribution is 2.23. The number of nitrogens with two attached hydrogens (primary N) is 1. The average Bonchev–Trinajstić information content (AvgIpc) is 2.63. The highest BCUT2D eigenvalue weighted by atomic mass is 32.1. The first kappa shape index (κ1) is 14.4. The third kappa shape index (κ3) is 3.92. The van der Waals surface area contributed by atoms with Gasteiger partial charge in [0.2, 0.25) is 5.91 Å². The van der Waals surface area contributed by atoms with Crippen LogP contribution >= 0.6 is 12.2 Å². The zero-order chi connectivity index (χ0) is 13.0. The Balaban J connectivity index is 2.63. The van der Waals surface area contributed by atoms with E-state index < -0.39 is 0 Å². The molecule has 0 spiro atoms. The predicted octanol–water partition coefficient (Wildman–Crippen LogP) is 1.32. The molecule has 0 aromatic carbocycles. The van der Waals surface area contributed by atoms with Crippen molar-refractivity contribution in [2.45, 2.75) is 45.8 Å². The van der Waals surface area contributed by atoms with Crippen molar-refractivity contribution in [1.82, 2.24) is 4.90 Å². The van der Waals surface area contributed by atoms with Crippen LogP contribution in [-0.4, -0.2) is 41.1 Å². The topological polar surface area (TPSA) is 55.6 Å². The van der Waals surface area contributed by atoms with E-state index in [4.69, 9.17) is 22.7 Å². The average molecular weight is 258 g/mol. The van der Waals surface area contributed by atoms with Crippen molar-refractivity contribution in [3.05, 3.63) is 0 Å². The molecule has 4 nitrogen and oxygen atoms in total. The first-order valence-corrected chi connectivity index (χ1v) is 6.54. The Morgan fingerprint density at radius 2 is 2.24 bits per heavy atom. The van der Waals surface area contributed by atoms with E-state index in [1.807, 2.05) is 25.7 Å². The van der Waals surface area contributed by atoms with Crippen molar-refractivity contribution in [3.8, 4) is 0 Å². The number of thiocarbonyl (C=S) groups is 1. The van der Waals surface area contributed by atoms with Gasteiger partial charge in [-0.05, 0) is 27.2 Å². The Bertz CT molecular complexity index is 294. The monoisotopic (exact) mass is 258 g/mol. The van der Waals surface area contributed by atoms with Gasteiger partial charge in [-0.2, -0.15) is 0 Å². The van der Waals surface area contributed by atoms with Gasteiger partial charge in [-0.15, -0.1) is 0 Å². The van der Waals surface area contributed by atoms with Crippen molar-refractivity contribution in [2.24, 2.45) is 11.7 Å². The Hall–Kier alpha value is -0.680. The van der Waals surface area contributed by atoms with E-state index in [0.29, 0.717) is 24.6 Å². The number of carbonyl (C=O) groups excluding carboxylic acids is 1. The summed E-state index contributed by atoms with van der Waals surface area (Å²) >= 11 is 4.86. The van der Waals surface area contributed by atoms with Crippen molar-refractivity contribution in [2.75, 3.05) is 13.2 Å². The second-order valence-corrected chi connectivity index (χ2v) is 5.34. The van der Waals surface area contributed by atoms with E-state index in [2.05, 4.69) is 0 Å². The van der Waals surface area contributed by atoms with Crippen LogP contribution in [0.4, 0.5) is 0 Å². The van der Waals surface area contributed by atoms with Gasteiger partial charge in [-0.25, -0.2) is 0 Å².